The lowest BCUT2D eigenvalue weighted by atomic mass is 10.1. The van der Waals surface area contributed by atoms with E-state index in [1.165, 1.54) is 17.7 Å². The summed E-state index contributed by atoms with van der Waals surface area (Å²) in [5, 5.41) is 3.41. The standard InChI is InChI=1S/C14H20FN/c1-11(10-16-14(2,3)4)9-12-5-7-13(15)8-6-12/h5-9,16H,10H2,1-4H3. The fourth-order valence-corrected chi connectivity index (χ4v) is 1.30. The fraction of sp³-hybridized carbons (Fsp3) is 0.429. The van der Waals surface area contributed by atoms with Crippen LogP contribution in [0.1, 0.15) is 33.3 Å². The second-order valence-electron chi connectivity index (χ2n) is 5.15. The fourth-order valence-electron chi connectivity index (χ4n) is 1.30. The van der Waals surface area contributed by atoms with Gasteiger partial charge in [0.05, 0.1) is 0 Å². The maximum Gasteiger partial charge on any atom is 0.123 e. The van der Waals surface area contributed by atoms with Gasteiger partial charge in [-0.25, -0.2) is 4.39 Å². The quantitative estimate of drug-likeness (QED) is 0.822. The Labute approximate surface area is 97.4 Å². The monoisotopic (exact) mass is 221 g/mol. The Balaban J connectivity index is 2.59. The van der Waals surface area contributed by atoms with Crippen molar-refractivity contribution in [3.05, 3.63) is 41.2 Å². The third-order valence-electron chi connectivity index (χ3n) is 2.18. The van der Waals surface area contributed by atoms with Gasteiger partial charge in [-0.05, 0) is 45.4 Å². The van der Waals surface area contributed by atoms with Crippen molar-refractivity contribution in [2.45, 2.75) is 33.2 Å². The molecule has 1 N–H and O–H groups in total. The van der Waals surface area contributed by atoms with Crippen LogP contribution in [-0.2, 0) is 0 Å². The molecule has 0 aromatic heterocycles. The van der Waals surface area contributed by atoms with Crippen LogP contribution in [0.5, 0.6) is 0 Å². The zero-order valence-corrected chi connectivity index (χ0v) is 10.5. The molecule has 0 aliphatic heterocycles. The topological polar surface area (TPSA) is 12.0 Å². The zero-order chi connectivity index (χ0) is 12.2. The first-order valence-electron chi connectivity index (χ1n) is 5.54. The molecule has 0 saturated heterocycles. The molecule has 88 valence electrons. The Morgan fingerprint density at radius 2 is 1.81 bits per heavy atom. The summed E-state index contributed by atoms with van der Waals surface area (Å²) >= 11 is 0. The largest absolute Gasteiger partial charge is 0.308 e. The van der Waals surface area contributed by atoms with Gasteiger partial charge >= 0.3 is 0 Å². The van der Waals surface area contributed by atoms with E-state index >= 15 is 0 Å². The molecule has 2 heteroatoms. The van der Waals surface area contributed by atoms with Crippen molar-refractivity contribution in [3.8, 4) is 0 Å². The van der Waals surface area contributed by atoms with Crippen LogP contribution in [0.2, 0.25) is 0 Å². The molecule has 0 amide bonds. The first-order valence-corrected chi connectivity index (χ1v) is 5.54. The molecular weight excluding hydrogens is 201 g/mol. The zero-order valence-electron chi connectivity index (χ0n) is 10.5. The molecule has 0 bridgehead atoms. The van der Waals surface area contributed by atoms with Gasteiger partial charge in [0.2, 0.25) is 0 Å². The lowest BCUT2D eigenvalue weighted by Crippen LogP contribution is -2.36. The lowest BCUT2D eigenvalue weighted by Gasteiger charge is -2.20. The van der Waals surface area contributed by atoms with Gasteiger partial charge in [0.15, 0.2) is 0 Å². The highest BCUT2D eigenvalue weighted by atomic mass is 19.1. The highest BCUT2D eigenvalue weighted by molar-refractivity contribution is 5.52. The van der Waals surface area contributed by atoms with Crippen LogP contribution in [0, 0.1) is 5.82 Å². The first kappa shape index (κ1) is 12.9. The molecule has 0 unspecified atom stereocenters. The number of hydrogen-bond acceptors (Lipinski definition) is 1. The molecule has 0 aliphatic rings. The lowest BCUT2D eigenvalue weighted by molar-refractivity contribution is 0.445. The van der Waals surface area contributed by atoms with Crippen LogP contribution < -0.4 is 5.32 Å². The van der Waals surface area contributed by atoms with E-state index in [1.807, 2.05) is 0 Å². The van der Waals surface area contributed by atoms with Crippen LogP contribution in [0.15, 0.2) is 29.8 Å². The summed E-state index contributed by atoms with van der Waals surface area (Å²) in [6, 6.07) is 6.54. The molecule has 0 saturated carbocycles. The molecule has 1 aromatic rings. The minimum Gasteiger partial charge on any atom is -0.308 e. The van der Waals surface area contributed by atoms with Gasteiger partial charge in [0, 0.05) is 12.1 Å². The molecular formula is C14H20FN. The van der Waals surface area contributed by atoms with Gasteiger partial charge in [-0.2, -0.15) is 0 Å². The third kappa shape index (κ3) is 5.08. The normalized spacial score (nSPS) is 12.9. The molecule has 1 nitrogen and oxygen atoms in total. The Kier molecular flexibility index (Phi) is 4.25. The van der Waals surface area contributed by atoms with Crippen molar-refractivity contribution < 1.29 is 4.39 Å². The summed E-state index contributed by atoms with van der Waals surface area (Å²) in [5.74, 6) is -0.192. The van der Waals surface area contributed by atoms with E-state index in [4.69, 9.17) is 0 Å². The Bertz CT molecular complexity index is 357. The highest BCUT2D eigenvalue weighted by Gasteiger charge is 2.07. The molecule has 0 atom stereocenters. The van der Waals surface area contributed by atoms with E-state index in [0.29, 0.717) is 0 Å². The predicted molar refractivity (Wildman–Crippen MR) is 67.8 cm³/mol. The number of rotatable bonds is 3. The minimum atomic E-state index is -0.192. The summed E-state index contributed by atoms with van der Waals surface area (Å²) in [5.41, 5.74) is 2.40. The molecule has 1 aromatic carbocycles. The second kappa shape index (κ2) is 5.26. The van der Waals surface area contributed by atoms with Gasteiger partial charge in [-0.3, -0.25) is 0 Å². The van der Waals surface area contributed by atoms with Gasteiger partial charge in [0.1, 0.15) is 5.82 Å². The van der Waals surface area contributed by atoms with Crippen molar-refractivity contribution in [1.82, 2.24) is 5.32 Å². The number of hydrogen-bond donors (Lipinski definition) is 1. The van der Waals surface area contributed by atoms with E-state index in [2.05, 4.69) is 39.1 Å². The number of benzene rings is 1. The van der Waals surface area contributed by atoms with E-state index in [-0.39, 0.29) is 11.4 Å². The van der Waals surface area contributed by atoms with Crippen molar-refractivity contribution >= 4 is 6.08 Å². The second-order valence-corrected chi connectivity index (χ2v) is 5.15. The minimum absolute atomic E-state index is 0.123. The van der Waals surface area contributed by atoms with Crippen molar-refractivity contribution in [2.75, 3.05) is 6.54 Å². The maximum atomic E-state index is 12.7. The molecule has 0 radical (unpaired) electrons. The summed E-state index contributed by atoms with van der Waals surface area (Å²) in [4.78, 5) is 0. The van der Waals surface area contributed by atoms with Gasteiger partial charge < -0.3 is 5.32 Å². The average molecular weight is 221 g/mol. The summed E-state index contributed by atoms with van der Waals surface area (Å²) in [6.07, 6.45) is 2.07. The van der Waals surface area contributed by atoms with E-state index in [9.17, 15) is 4.39 Å². The van der Waals surface area contributed by atoms with Crippen LogP contribution in [0.4, 0.5) is 4.39 Å². The highest BCUT2D eigenvalue weighted by Crippen LogP contribution is 2.08. The number of nitrogens with one attached hydrogen (secondary N) is 1. The van der Waals surface area contributed by atoms with Crippen LogP contribution in [-0.4, -0.2) is 12.1 Å². The third-order valence-corrected chi connectivity index (χ3v) is 2.18. The molecule has 16 heavy (non-hydrogen) atoms. The van der Waals surface area contributed by atoms with E-state index in [0.717, 1.165) is 12.1 Å². The molecule has 1 rings (SSSR count). The molecule has 0 fully saturated rings. The maximum absolute atomic E-state index is 12.7. The molecule has 0 spiro atoms. The SMILES string of the molecule is CC(=Cc1ccc(F)cc1)CNC(C)(C)C. The van der Waals surface area contributed by atoms with Crippen LogP contribution >= 0.6 is 0 Å². The predicted octanol–water partition coefficient (Wildman–Crippen LogP) is 3.62. The average Bonchev–Trinajstić information content (AvgIpc) is 2.18. The molecule has 0 heterocycles. The Morgan fingerprint density at radius 1 is 1.25 bits per heavy atom. The van der Waals surface area contributed by atoms with E-state index in [1.54, 1.807) is 12.1 Å². The van der Waals surface area contributed by atoms with Gasteiger partial charge in [-0.1, -0.05) is 23.8 Å². The van der Waals surface area contributed by atoms with Crippen LogP contribution in [0.25, 0.3) is 6.08 Å². The van der Waals surface area contributed by atoms with Crippen molar-refractivity contribution in [3.63, 3.8) is 0 Å². The Morgan fingerprint density at radius 3 is 2.31 bits per heavy atom. The first-order chi connectivity index (χ1) is 7.37. The summed E-state index contributed by atoms with van der Waals surface area (Å²) in [7, 11) is 0. The number of halogens is 1. The Hall–Kier alpha value is -1.15. The smallest absolute Gasteiger partial charge is 0.123 e. The summed E-state index contributed by atoms with van der Waals surface area (Å²) < 4.78 is 12.7. The van der Waals surface area contributed by atoms with E-state index < -0.39 is 0 Å². The van der Waals surface area contributed by atoms with Crippen molar-refractivity contribution in [2.24, 2.45) is 0 Å². The summed E-state index contributed by atoms with van der Waals surface area (Å²) in [6.45, 7) is 9.33. The molecule has 0 aliphatic carbocycles. The van der Waals surface area contributed by atoms with Crippen LogP contribution in [0.3, 0.4) is 0 Å². The van der Waals surface area contributed by atoms with Gasteiger partial charge in [-0.15, -0.1) is 0 Å². The van der Waals surface area contributed by atoms with Crippen molar-refractivity contribution in [1.29, 1.82) is 0 Å². The van der Waals surface area contributed by atoms with Gasteiger partial charge in [0.25, 0.3) is 0 Å².